The molecule has 2 N–H and O–H groups in total. The highest BCUT2D eigenvalue weighted by Crippen LogP contribution is 2.25. The van der Waals surface area contributed by atoms with E-state index in [1.807, 2.05) is 0 Å². The van der Waals surface area contributed by atoms with E-state index in [9.17, 15) is 0 Å². The smallest absolute Gasteiger partial charge is 0.0661 e. The van der Waals surface area contributed by atoms with Gasteiger partial charge in [0.2, 0.25) is 0 Å². The molecule has 0 aliphatic heterocycles. The second-order valence-electron chi connectivity index (χ2n) is 5.69. The number of hydrogen-bond donors (Lipinski definition) is 1. The Morgan fingerprint density at radius 1 is 1.17 bits per heavy atom. The van der Waals surface area contributed by atoms with Crippen LogP contribution in [0.1, 0.15) is 27.2 Å². The molecule has 110 valence electrons. The van der Waals surface area contributed by atoms with Crippen molar-refractivity contribution in [2.75, 3.05) is 54.0 Å². The Hall–Kier alpha value is -0.160. The summed E-state index contributed by atoms with van der Waals surface area (Å²) in [5, 5.41) is 0. The van der Waals surface area contributed by atoms with E-state index in [-0.39, 0.29) is 5.54 Å². The molecule has 0 aromatic rings. The Balaban J connectivity index is 4.94. The summed E-state index contributed by atoms with van der Waals surface area (Å²) in [5.41, 5.74) is 6.06. The van der Waals surface area contributed by atoms with E-state index in [0.717, 1.165) is 26.1 Å². The number of ether oxygens (including phenoxy) is 1. The van der Waals surface area contributed by atoms with Crippen LogP contribution in [-0.4, -0.2) is 69.3 Å². The molecule has 4 heteroatoms. The summed E-state index contributed by atoms with van der Waals surface area (Å²) >= 11 is 0. The minimum absolute atomic E-state index is 0.0409. The van der Waals surface area contributed by atoms with Gasteiger partial charge in [-0.3, -0.25) is 4.90 Å². The molecule has 0 aliphatic carbocycles. The van der Waals surface area contributed by atoms with Gasteiger partial charge in [0.1, 0.15) is 0 Å². The first kappa shape index (κ1) is 17.8. The minimum Gasteiger partial charge on any atom is -0.383 e. The molecular weight excluding hydrogens is 226 g/mol. The van der Waals surface area contributed by atoms with Crippen LogP contribution in [0.25, 0.3) is 0 Å². The molecule has 0 fully saturated rings. The second-order valence-corrected chi connectivity index (χ2v) is 5.69. The van der Waals surface area contributed by atoms with E-state index < -0.39 is 0 Å². The molecule has 0 amide bonds. The minimum atomic E-state index is -0.0409. The lowest BCUT2D eigenvalue weighted by atomic mass is 9.84. The number of nitrogens with zero attached hydrogens (tertiary/aromatic N) is 2. The van der Waals surface area contributed by atoms with Crippen LogP contribution in [0.2, 0.25) is 0 Å². The predicted octanol–water partition coefficient (Wildman–Crippen LogP) is 1.26. The van der Waals surface area contributed by atoms with E-state index in [0.29, 0.717) is 19.1 Å². The van der Waals surface area contributed by atoms with Crippen LogP contribution < -0.4 is 5.73 Å². The van der Waals surface area contributed by atoms with Crippen molar-refractivity contribution >= 4 is 0 Å². The van der Waals surface area contributed by atoms with Gasteiger partial charge in [-0.15, -0.1) is 0 Å². The standard InChI is InChI=1S/C14H33N3O/c1-7-8-17(10-9-16(4)5)14(11-15,12-18-6)13(2)3/h13H,7-12,15H2,1-6H3. The highest BCUT2D eigenvalue weighted by atomic mass is 16.5. The highest BCUT2D eigenvalue weighted by Gasteiger charge is 2.38. The SMILES string of the molecule is CCCN(CCN(C)C)C(CN)(COC)C(C)C. The van der Waals surface area contributed by atoms with E-state index in [4.69, 9.17) is 10.5 Å². The average Bonchev–Trinajstić information content (AvgIpc) is 2.31. The van der Waals surface area contributed by atoms with Crippen LogP contribution in [-0.2, 0) is 4.74 Å². The van der Waals surface area contributed by atoms with E-state index in [1.165, 1.54) is 0 Å². The van der Waals surface area contributed by atoms with E-state index >= 15 is 0 Å². The van der Waals surface area contributed by atoms with Crippen LogP contribution in [0.15, 0.2) is 0 Å². The number of methoxy groups -OCH3 is 1. The second kappa shape index (κ2) is 8.86. The molecule has 0 radical (unpaired) electrons. The lowest BCUT2D eigenvalue weighted by molar-refractivity contribution is -0.0188. The van der Waals surface area contributed by atoms with Crippen LogP contribution in [0.3, 0.4) is 0 Å². The third-order valence-corrected chi connectivity index (χ3v) is 3.76. The van der Waals surface area contributed by atoms with Crippen LogP contribution in [0.4, 0.5) is 0 Å². The van der Waals surface area contributed by atoms with Gasteiger partial charge in [0, 0.05) is 26.7 Å². The topological polar surface area (TPSA) is 41.7 Å². The Bertz CT molecular complexity index is 209. The third-order valence-electron chi connectivity index (χ3n) is 3.76. The molecule has 4 nitrogen and oxygen atoms in total. The molecule has 0 spiro atoms. The van der Waals surface area contributed by atoms with Crippen LogP contribution in [0.5, 0.6) is 0 Å². The largest absolute Gasteiger partial charge is 0.383 e. The summed E-state index contributed by atoms with van der Waals surface area (Å²) in [5.74, 6) is 0.483. The average molecular weight is 259 g/mol. The van der Waals surface area contributed by atoms with Crippen molar-refractivity contribution in [3.05, 3.63) is 0 Å². The zero-order valence-corrected chi connectivity index (χ0v) is 13.2. The summed E-state index contributed by atoms with van der Waals surface area (Å²) in [4.78, 5) is 4.73. The number of rotatable bonds is 10. The highest BCUT2D eigenvalue weighted by molar-refractivity contribution is 4.94. The summed E-state index contributed by atoms with van der Waals surface area (Å²) in [7, 11) is 5.99. The first-order chi connectivity index (χ1) is 8.44. The van der Waals surface area contributed by atoms with Gasteiger partial charge >= 0.3 is 0 Å². The van der Waals surface area contributed by atoms with Gasteiger partial charge < -0.3 is 15.4 Å². The third kappa shape index (κ3) is 4.84. The predicted molar refractivity (Wildman–Crippen MR) is 78.9 cm³/mol. The van der Waals surface area contributed by atoms with Crippen LogP contribution >= 0.6 is 0 Å². The molecular formula is C14H33N3O. The van der Waals surface area contributed by atoms with E-state index in [1.54, 1.807) is 7.11 Å². The maximum absolute atomic E-state index is 6.10. The molecule has 0 aromatic heterocycles. The lowest BCUT2D eigenvalue weighted by Gasteiger charge is -2.46. The Morgan fingerprint density at radius 3 is 2.11 bits per heavy atom. The van der Waals surface area contributed by atoms with Crippen molar-refractivity contribution < 1.29 is 4.74 Å². The van der Waals surface area contributed by atoms with Gasteiger partial charge in [0.15, 0.2) is 0 Å². The van der Waals surface area contributed by atoms with Crippen molar-refractivity contribution in [1.29, 1.82) is 0 Å². The molecule has 1 atom stereocenters. The Morgan fingerprint density at radius 2 is 1.78 bits per heavy atom. The molecule has 0 heterocycles. The van der Waals surface area contributed by atoms with Crippen molar-refractivity contribution in [2.45, 2.75) is 32.7 Å². The van der Waals surface area contributed by atoms with E-state index in [2.05, 4.69) is 44.7 Å². The van der Waals surface area contributed by atoms with Crippen molar-refractivity contribution in [3.8, 4) is 0 Å². The number of hydrogen-bond acceptors (Lipinski definition) is 4. The monoisotopic (exact) mass is 259 g/mol. The molecule has 0 saturated heterocycles. The Labute approximate surface area is 113 Å². The molecule has 1 unspecified atom stereocenters. The van der Waals surface area contributed by atoms with Gasteiger partial charge in [0.05, 0.1) is 12.1 Å². The number of likely N-dealkylation sites (N-methyl/N-ethyl adjacent to an activating group) is 1. The molecule has 0 aromatic carbocycles. The van der Waals surface area contributed by atoms with Gasteiger partial charge in [-0.2, -0.15) is 0 Å². The maximum Gasteiger partial charge on any atom is 0.0661 e. The molecule has 0 aliphatic rings. The normalized spacial score (nSPS) is 15.7. The summed E-state index contributed by atoms with van der Waals surface area (Å²) in [6, 6.07) is 0. The maximum atomic E-state index is 6.10. The first-order valence-corrected chi connectivity index (χ1v) is 7.03. The fraction of sp³-hybridized carbons (Fsp3) is 1.00. The van der Waals surface area contributed by atoms with Crippen molar-refractivity contribution in [3.63, 3.8) is 0 Å². The Kier molecular flexibility index (Phi) is 8.78. The zero-order chi connectivity index (χ0) is 14.2. The summed E-state index contributed by atoms with van der Waals surface area (Å²) in [6.45, 7) is 11.2. The molecule has 0 bridgehead atoms. The van der Waals surface area contributed by atoms with Gasteiger partial charge in [0.25, 0.3) is 0 Å². The van der Waals surface area contributed by atoms with Gasteiger partial charge in [-0.25, -0.2) is 0 Å². The zero-order valence-electron chi connectivity index (χ0n) is 13.2. The quantitative estimate of drug-likeness (QED) is 0.641. The van der Waals surface area contributed by atoms with Crippen molar-refractivity contribution in [2.24, 2.45) is 11.7 Å². The lowest BCUT2D eigenvalue weighted by Crippen LogP contribution is -2.61. The molecule has 0 saturated carbocycles. The van der Waals surface area contributed by atoms with Crippen molar-refractivity contribution in [1.82, 2.24) is 9.80 Å². The first-order valence-electron chi connectivity index (χ1n) is 7.03. The fourth-order valence-electron chi connectivity index (χ4n) is 2.44. The number of nitrogens with two attached hydrogens (primary N) is 1. The summed E-state index contributed by atoms with van der Waals surface area (Å²) in [6.07, 6.45) is 1.14. The van der Waals surface area contributed by atoms with Crippen LogP contribution in [0, 0.1) is 5.92 Å². The molecule has 0 rings (SSSR count). The molecule has 18 heavy (non-hydrogen) atoms. The fourth-order valence-corrected chi connectivity index (χ4v) is 2.44. The summed E-state index contributed by atoms with van der Waals surface area (Å²) < 4.78 is 5.46. The van der Waals surface area contributed by atoms with Gasteiger partial charge in [-0.1, -0.05) is 20.8 Å². The van der Waals surface area contributed by atoms with Gasteiger partial charge in [-0.05, 0) is 33.0 Å².